The van der Waals surface area contributed by atoms with E-state index in [-0.39, 0.29) is 11.9 Å². The summed E-state index contributed by atoms with van der Waals surface area (Å²) in [5.74, 6) is 1.26. The van der Waals surface area contributed by atoms with E-state index in [0.717, 1.165) is 42.6 Å². The molecule has 1 atom stereocenters. The van der Waals surface area contributed by atoms with Crippen molar-refractivity contribution in [2.45, 2.75) is 51.8 Å². The van der Waals surface area contributed by atoms with Gasteiger partial charge in [0.2, 0.25) is 0 Å². The van der Waals surface area contributed by atoms with Gasteiger partial charge in [-0.15, -0.1) is 0 Å². The normalized spacial score (nSPS) is 20.3. The zero-order valence-corrected chi connectivity index (χ0v) is 15.3. The lowest BCUT2D eigenvalue weighted by Crippen LogP contribution is -2.37. The fourth-order valence-corrected chi connectivity index (χ4v) is 3.58. The van der Waals surface area contributed by atoms with Crippen LogP contribution in [0.15, 0.2) is 28.8 Å². The predicted octanol–water partition coefficient (Wildman–Crippen LogP) is 2.84. The lowest BCUT2D eigenvalue weighted by molar-refractivity contribution is 0.0933. The van der Waals surface area contributed by atoms with Crippen LogP contribution < -0.4 is 10.1 Å². The molecule has 138 valence electrons. The molecule has 1 aliphatic heterocycles. The number of likely N-dealkylation sites (tertiary alicyclic amines) is 1. The van der Waals surface area contributed by atoms with Gasteiger partial charge in [-0.3, -0.25) is 9.69 Å². The number of carbonyl (C=O) groups is 1. The highest BCUT2D eigenvalue weighted by molar-refractivity contribution is 5.97. The summed E-state index contributed by atoms with van der Waals surface area (Å²) in [6.45, 7) is 6.13. The number of benzene rings is 1. The third kappa shape index (κ3) is 3.60. The van der Waals surface area contributed by atoms with E-state index >= 15 is 0 Å². The van der Waals surface area contributed by atoms with E-state index in [1.807, 2.05) is 38.1 Å². The number of ether oxygens (including phenoxy) is 1. The molecule has 4 rings (SSSR count). The van der Waals surface area contributed by atoms with Gasteiger partial charge in [0.25, 0.3) is 5.91 Å². The average Bonchev–Trinajstić information content (AvgIpc) is 3.31. The number of aromatic nitrogens is 1. The molecule has 2 fully saturated rings. The van der Waals surface area contributed by atoms with Crippen LogP contribution in [0.4, 0.5) is 0 Å². The maximum atomic E-state index is 12.8. The van der Waals surface area contributed by atoms with Crippen LogP contribution in [-0.2, 0) is 6.61 Å². The third-order valence-corrected chi connectivity index (χ3v) is 5.30. The van der Waals surface area contributed by atoms with Gasteiger partial charge in [-0.2, -0.15) is 0 Å². The number of hydrogen-bond acceptors (Lipinski definition) is 5. The quantitative estimate of drug-likeness (QED) is 0.863. The number of carbonyl (C=O) groups excluding carboxylic acids is 1. The molecule has 1 unspecified atom stereocenters. The van der Waals surface area contributed by atoms with Crippen LogP contribution in [0.1, 0.15) is 46.6 Å². The highest BCUT2D eigenvalue weighted by atomic mass is 16.5. The van der Waals surface area contributed by atoms with Gasteiger partial charge in [0.15, 0.2) is 0 Å². The summed E-state index contributed by atoms with van der Waals surface area (Å²) in [6.07, 6.45) is 3.63. The van der Waals surface area contributed by atoms with Crippen LogP contribution in [0.25, 0.3) is 0 Å². The molecule has 0 spiro atoms. The Morgan fingerprint density at radius 3 is 2.85 bits per heavy atom. The molecule has 1 N–H and O–H groups in total. The highest BCUT2D eigenvalue weighted by Gasteiger charge is 2.35. The van der Waals surface area contributed by atoms with Crippen molar-refractivity contribution in [2.24, 2.45) is 0 Å². The van der Waals surface area contributed by atoms with E-state index in [2.05, 4.69) is 15.4 Å². The van der Waals surface area contributed by atoms with Crippen molar-refractivity contribution in [3.63, 3.8) is 0 Å². The fourth-order valence-electron chi connectivity index (χ4n) is 3.58. The fraction of sp³-hybridized carbons (Fsp3) is 0.500. The summed E-state index contributed by atoms with van der Waals surface area (Å²) in [4.78, 5) is 15.3. The minimum absolute atomic E-state index is 0.0676. The molecule has 0 bridgehead atoms. The molecular formula is C20H25N3O3. The van der Waals surface area contributed by atoms with Crippen molar-refractivity contribution in [1.29, 1.82) is 0 Å². The van der Waals surface area contributed by atoms with E-state index in [9.17, 15) is 4.79 Å². The summed E-state index contributed by atoms with van der Waals surface area (Å²) < 4.78 is 11.1. The summed E-state index contributed by atoms with van der Waals surface area (Å²) in [7, 11) is 0. The molecule has 6 heteroatoms. The molecule has 0 radical (unpaired) electrons. The van der Waals surface area contributed by atoms with Crippen molar-refractivity contribution in [1.82, 2.24) is 15.4 Å². The molecule has 2 aromatic rings. The molecule has 6 nitrogen and oxygen atoms in total. The zero-order valence-electron chi connectivity index (χ0n) is 15.3. The molecule has 2 aliphatic rings. The monoisotopic (exact) mass is 355 g/mol. The topological polar surface area (TPSA) is 67.6 Å². The summed E-state index contributed by atoms with van der Waals surface area (Å²) in [6, 6.07) is 8.36. The Balaban J connectivity index is 1.41. The molecule has 26 heavy (non-hydrogen) atoms. The first-order chi connectivity index (χ1) is 12.6. The van der Waals surface area contributed by atoms with Gasteiger partial charge < -0.3 is 14.6 Å². The minimum Gasteiger partial charge on any atom is -0.488 e. The number of hydrogen-bond donors (Lipinski definition) is 1. The number of nitrogens with zero attached hydrogens (tertiary/aromatic N) is 2. The molecule has 1 aromatic carbocycles. The van der Waals surface area contributed by atoms with Gasteiger partial charge in [-0.05, 0) is 45.2 Å². The van der Waals surface area contributed by atoms with Crippen molar-refractivity contribution < 1.29 is 14.1 Å². The first kappa shape index (κ1) is 17.1. The van der Waals surface area contributed by atoms with Crippen molar-refractivity contribution in [3.8, 4) is 5.75 Å². The van der Waals surface area contributed by atoms with Crippen LogP contribution in [0, 0.1) is 13.8 Å². The largest absolute Gasteiger partial charge is 0.488 e. The Morgan fingerprint density at radius 2 is 2.12 bits per heavy atom. The number of aryl methyl sites for hydroxylation is 2. The van der Waals surface area contributed by atoms with Crippen LogP contribution >= 0.6 is 0 Å². The maximum Gasteiger partial charge on any atom is 0.255 e. The van der Waals surface area contributed by atoms with E-state index in [1.54, 1.807) is 0 Å². The summed E-state index contributed by atoms with van der Waals surface area (Å²) >= 11 is 0. The molecule has 2 heterocycles. The first-order valence-corrected chi connectivity index (χ1v) is 9.30. The number of rotatable bonds is 6. The molecule has 1 aromatic heterocycles. The van der Waals surface area contributed by atoms with E-state index in [4.69, 9.17) is 9.26 Å². The van der Waals surface area contributed by atoms with Crippen LogP contribution in [0.5, 0.6) is 5.75 Å². The van der Waals surface area contributed by atoms with E-state index in [0.29, 0.717) is 17.9 Å². The van der Waals surface area contributed by atoms with Gasteiger partial charge >= 0.3 is 0 Å². The molecule has 1 saturated heterocycles. The van der Waals surface area contributed by atoms with Gasteiger partial charge in [-0.25, -0.2) is 0 Å². The van der Waals surface area contributed by atoms with Crippen LogP contribution in [0.3, 0.4) is 0 Å². The first-order valence-electron chi connectivity index (χ1n) is 9.30. The second kappa shape index (κ2) is 7.11. The molecule has 1 aliphatic carbocycles. The molecule has 1 amide bonds. The average molecular weight is 355 g/mol. The second-order valence-corrected chi connectivity index (χ2v) is 7.27. The second-order valence-electron chi connectivity index (χ2n) is 7.27. The van der Waals surface area contributed by atoms with Crippen molar-refractivity contribution >= 4 is 5.91 Å². The van der Waals surface area contributed by atoms with Crippen molar-refractivity contribution in [2.75, 3.05) is 13.1 Å². The SMILES string of the molecule is Cc1noc(C)c1COc1ccccc1C(=O)NC1CCN(C2CC2)C1. The number of para-hydroxylation sites is 1. The standard InChI is InChI=1S/C20H25N3O3/c1-13-18(14(2)26-22-13)12-25-19-6-4-3-5-17(19)20(24)21-15-9-10-23(11-15)16-7-8-16/h3-6,15-16H,7-12H2,1-2H3,(H,21,24). The van der Waals surface area contributed by atoms with E-state index < -0.39 is 0 Å². The number of amides is 1. The Bertz CT molecular complexity index is 778. The maximum absolute atomic E-state index is 12.8. The predicted molar refractivity (Wildman–Crippen MR) is 97.2 cm³/mol. The Hall–Kier alpha value is -2.34. The van der Waals surface area contributed by atoms with Gasteiger partial charge in [0, 0.05) is 25.2 Å². The van der Waals surface area contributed by atoms with E-state index in [1.165, 1.54) is 12.8 Å². The Labute approximate surface area is 153 Å². The third-order valence-electron chi connectivity index (χ3n) is 5.30. The smallest absolute Gasteiger partial charge is 0.255 e. The van der Waals surface area contributed by atoms with Gasteiger partial charge in [0.1, 0.15) is 18.1 Å². The Kier molecular flexibility index (Phi) is 4.68. The lowest BCUT2D eigenvalue weighted by atomic mass is 10.1. The Morgan fingerprint density at radius 1 is 1.31 bits per heavy atom. The van der Waals surface area contributed by atoms with Crippen LogP contribution in [0.2, 0.25) is 0 Å². The highest BCUT2D eigenvalue weighted by Crippen LogP contribution is 2.30. The van der Waals surface area contributed by atoms with Gasteiger partial charge in [-0.1, -0.05) is 17.3 Å². The van der Waals surface area contributed by atoms with Gasteiger partial charge in [0.05, 0.1) is 16.8 Å². The van der Waals surface area contributed by atoms with Crippen molar-refractivity contribution in [3.05, 3.63) is 46.8 Å². The molecular weight excluding hydrogens is 330 g/mol. The molecule has 1 saturated carbocycles. The minimum atomic E-state index is -0.0676. The summed E-state index contributed by atoms with van der Waals surface area (Å²) in [5.41, 5.74) is 2.32. The lowest BCUT2D eigenvalue weighted by Gasteiger charge is -2.17. The van der Waals surface area contributed by atoms with Crippen LogP contribution in [-0.4, -0.2) is 41.1 Å². The summed E-state index contributed by atoms with van der Waals surface area (Å²) in [5, 5.41) is 7.11. The zero-order chi connectivity index (χ0) is 18.1. The number of nitrogens with one attached hydrogen (secondary N) is 1.